The molecule has 0 aromatic carbocycles. The van der Waals surface area contributed by atoms with Crippen molar-refractivity contribution in [2.75, 3.05) is 26.2 Å². The summed E-state index contributed by atoms with van der Waals surface area (Å²) >= 11 is 0. The van der Waals surface area contributed by atoms with Crippen LogP contribution in [0.3, 0.4) is 0 Å². The van der Waals surface area contributed by atoms with E-state index in [1.807, 2.05) is 0 Å². The summed E-state index contributed by atoms with van der Waals surface area (Å²) < 4.78 is 34.0. The van der Waals surface area contributed by atoms with Crippen LogP contribution in [0.5, 0.6) is 0 Å². The monoisotopic (exact) mass is 344 g/mol. The zero-order valence-corrected chi connectivity index (χ0v) is 15.9. The first-order chi connectivity index (χ1) is 9.56. The Hall–Kier alpha value is 0.560. The Bertz CT molecular complexity index is 209. The van der Waals surface area contributed by atoms with Gasteiger partial charge in [0.15, 0.2) is 0 Å². The molecule has 0 aromatic rings. The van der Waals surface area contributed by atoms with Gasteiger partial charge >= 0.3 is 0 Å². The summed E-state index contributed by atoms with van der Waals surface area (Å²) in [7, 11) is -5.43. The highest BCUT2D eigenvalue weighted by atomic mass is 35.7. The largest absolute Gasteiger partial charge is 0.222 e. The minimum Gasteiger partial charge on any atom is -0.222 e. The molecular weight excluding hydrogens is 311 g/mol. The maximum atomic E-state index is 8.49. The molecule has 0 aliphatic rings. The molecule has 0 fully saturated rings. The molecule has 0 saturated heterocycles. The summed E-state index contributed by atoms with van der Waals surface area (Å²) in [4.78, 5) is 0. The topological polar surface area (TPSA) is 92.2 Å². The third kappa shape index (κ3) is 38.5. The Morgan fingerprint density at radius 2 is 0.905 bits per heavy atom. The second-order valence-electron chi connectivity index (χ2n) is 6.57. The van der Waals surface area contributed by atoms with Crippen LogP contribution in [0.1, 0.15) is 71.1 Å². The van der Waals surface area contributed by atoms with E-state index in [0.29, 0.717) is 0 Å². The van der Waals surface area contributed by atoms with Crippen LogP contribution >= 0.6 is 7.26 Å². The van der Waals surface area contributed by atoms with Gasteiger partial charge in [-0.25, -0.2) is 18.6 Å². The van der Waals surface area contributed by atoms with Crippen LogP contribution in [0.25, 0.3) is 0 Å². The Balaban J connectivity index is 0. The van der Waals surface area contributed by atoms with Crippen LogP contribution in [-0.4, -0.2) is 26.2 Å². The molecule has 0 amide bonds. The van der Waals surface area contributed by atoms with Crippen LogP contribution in [0, 0.1) is 10.2 Å². The lowest BCUT2D eigenvalue weighted by atomic mass is 10.1. The Morgan fingerprint density at radius 1 is 0.619 bits per heavy atom. The molecule has 0 N–H and O–H groups in total. The fourth-order valence-corrected chi connectivity index (χ4v) is 3.25. The van der Waals surface area contributed by atoms with Crippen molar-refractivity contribution in [2.24, 2.45) is 0 Å². The van der Waals surface area contributed by atoms with Crippen molar-refractivity contribution >= 4 is 7.26 Å². The molecule has 6 heteroatoms. The highest BCUT2D eigenvalue weighted by Crippen LogP contribution is 2.47. The van der Waals surface area contributed by atoms with E-state index in [2.05, 4.69) is 26.9 Å². The van der Waals surface area contributed by atoms with Crippen LogP contribution in [0.2, 0.25) is 0 Å². The minimum atomic E-state index is -4.94. The van der Waals surface area contributed by atoms with Crippen molar-refractivity contribution in [2.45, 2.75) is 71.1 Å². The lowest BCUT2D eigenvalue weighted by molar-refractivity contribution is -2.00. The first-order valence-corrected chi connectivity index (χ1v) is 12.5. The van der Waals surface area contributed by atoms with Crippen LogP contribution in [-0.2, 0) is 0 Å². The van der Waals surface area contributed by atoms with Crippen molar-refractivity contribution in [1.29, 1.82) is 0 Å². The molecule has 0 aromatic heterocycles. The number of rotatable bonds is 11. The number of unbranched alkanes of at least 4 members (excludes halogenated alkanes) is 9. The molecule has 4 nitrogen and oxygen atoms in total. The zero-order chi connectivity index (χ0) is 16.8. The smallest absolute Gasteiger partial charge is 0.0586 e. The predicted molar refractivity (Wildman–Crippen MR) is 81.4 cm³/mol. The number of hydrogen-bond donors (Lipinski definition) is 0. The first-order valence-electron chi connectivity index (χ1n) is 7.98. The van der Waals surface area contributed by atoms with Gasteiger partial charge < -0.3 is 0 Å². The maximum absolute atomic E-state index is 8.49. The molecule has 0 radical (unpaired) electrons. The quantitative estimate of drug-likeness (QED) is 0.414. The lowest BCUT2D eigenvalue weighted by Gasteiger charge is -2.17. The van der Waals surface area contributed by atoms with Gasteiger partial charge in [-0.05, 0) is 12.8 Å². The van der Waals surface area contributed by atoms with Gasteiger partial charge in [-0.2, -0.15) is 0 Å². The van der Waals surface area contributed by atoms with Crippen molar-refractivity contribution in [3.8, 4) is 0 Å². The summed E-state index contributed by atoms with van der Waals surface area (Å²) in [5, 5.41) is 0. The van der Waals surface area contributed by atoms with E-state index in [1.54, 1.807) is 0 Å². The van der Waals surface area contributed by atoms with E-state index < -0.39 is 17.5 Å². The van der Waals surface area contributed by atoms with Crippen molar-refractivity contribution in [1.82, 2.24) is 0 Å². The third-order valence-corrected chi connectivity index (χ3v) is 4.84. The van der Waals surface area contributed by atoms with Crippen LogP contribution < -0.4 is 18.6 Å². The van der Waals surface area contributed by atoms with Crippen LogP contribution in [0.4, 0.5) is 0 Å². The van der Waals surface area contributed by atoms with Gasteiger partial charge in [0.2, 0.25) is 0 Å². The standard InChI is InChI=1S/C15H34P.ClHO4/c1-5-6-7-8-9-10-11-12-13-14-15-16(2,3)4;2-1(3,4)5/h5-15H2,1-4H3;(H,2,3,4,5)/q+1;/p-1. The molecule has 0 spiro atoms. The molecule has 0 aliphatic heterocycles. The number of halogens is 1. The van der Waals surface area contributed by atoms with E-state index in [1.165, 1.54) is 70.4 Å². The average molecular weight is 345 g/mol. The van der Waals surface area contributed by atoms with Crippen LogP contribution in [0.15, 0.2) is 0 Å². The second kappa shape index (κ2) is 14.2. The van der Waals surface area contributed by atoms with Gasteiger partial charge in [0, 0.05) is 27.3 Å². The number of hydrogen-bond acceptors (Lipinski definition) is 4. The van der Waals surface area contributed by atoms with E-state index in [-0.39, 0.29) is 0 Å². The van der Waals surface area contributed by atoms with Crippen molar-refractivity contribution in [3.63, 3.8) is 0 Å². The second-order valence-corrected chi connectivity index (χ2v) is 12.4. The molecule has 0 bridgehead atoms. The van der Waals surface area contributed by atoms with E-state index in [4.69, 9.17) is 18.6 Å². The van der Waals surface area contributed by atoms with Gasteiger partial charge in [-0.1, -0.05) is 58.3 Å². The Kier molecular flexibility index (Phi) is 16.1. The molecule has 0 rings (SSSR count). The summed E-state index contributed by atoms with van der Waals surface area (Å²) in [5.74, 6) is 0. The molecule has 21 heavy (non-hydrogen) atoms. The molecular formula is C15H34ClO4P. The highest BCUT2D eigenvalue weighted by Gasteiger charge is 2.15. The highest BCUT2D eigenvalue weighted by molar-refractivity contribution is 7.73. The summed E-state index contributed by atoms with van der Waals surface area (Å²) in [6.07, 6.45) is 16.1. The van der Waals surface area contributed by atoms with Crippen molar-refractivity contribution < 1.29 is 28.9 Å². The van der Waals surface area contributed by atoms with Gasteiger partial charge in [0.05, 0.1) is 6.16 Å². The summed E-state index contributed by atoms with van der Waals surface area (Å²) in [5.41, 5.74) is 0. The molecule has 130 valence electrons. The van der Waals surface area contributed by atoms with Gasteiger partial charge in [-0.3, -0.25) is 0 Å². The molecule has 0 unspecified atom stereocenters. The predicted octanol–water partition coefficient (Wildman–Crippen LogP) is 1.06. The Labute approximate surface area is 134 Å². The molecule has 0 heterocycles. The molecule has 0 saturated carbocycles. The average Bonchev–Trinajstić information content (AvgIpc) is 2.28. The molecule has 0 atom stereocenters. The SMILES string of the molecule is CCCCCCCCCCCC[P+](C)(C)C.[O-][Cl+3]([O-])([O-])[O-]. The van der Waals surface area contributed by atoms with E-state index in [9.17, 15) is 0 Å². The Morgan fingerprint density at radius 3 is 1.19 bits per heavy atom. The summed E-state index contributed by atoms with van der Waals surface area (Å²) in [6, 6.07) is 0. The molecule has 0 aliphatic carbocycles. The first kappa shape index (κ1) is 23.8. The zero-order valence-electron chi connectivity index (χ0n) is 14.2. The van der Waals surface area contributed by atoms with Gasteiger partial charge in [0.1, 0.15) is 0 Å². The summed E-state index contributed by atoms with van der Waals surface area (Å²) in [6.45, 7) is 9.67. The van der Waals surface area contributed by atoms with E-state index in [0.717, 1.165) is 0 Å². The lowest BCUT2D eigenvalue weighted by Crippen LogP contribution is -2.68. The van der Waals surface area contributed by atoms with Gasteiger partial charge in [0.25, 0.3) is 0 Å². The van der Waals surface area contributed by atoms with Crippen molar-refractivity contribution in [3.05, 3.63) is 0 Å². The van der Waals surface area contributed by atoms with E-state index >= 15 is 0 Å². The fourth-order valence-electron chi connectivity index (χ4n) is 2.07. The maximum Gasteiger partial charge on any atom is 0.0586 e. The normalized spacial score (nSPS) is 12.0. The fraction of sp³-hybridized carbons (Fsp3) is 1.00. The van der Waals surface area contributed by atoms with Gasteiger partial charge in [-0.15, -0.1) is 10.2 Å². The third-order valence-electron chi connectivity index (χ3n) is 3.18. The minimum absolute atomic E-state index is 0.490.